The van der Waals surface area contributed by atoms with Crippen LogP contribution in [0.1, 0.15) is 6.42 Å². The molecule has 2 amide bonds. The molecular formula is C10H19N3O4. The molecule has 1 atom stereocenters. The van der Waals surface area contributed by atoms with E-state index in [0.717, 1.165) is 13.1 Å². The fourth-order valence-electron chi connectivity index (χ4n) is 1.56. The molecule has 0 bridgehead atoms. The molecule has 17 heavy (non-hydrogen) atoms. The third-order valence-electron chi connectivity index (χ3n) is 2.77. The molecule has 0 spiro atoms. The van der Waals surface area contributed by atoms with E-state index in [0.29, 0.717) is 13.1 Å². The lowest BCUT2D eigenvalue weighted by molar-refractivity contribution is -0.146. The van der Waals surface area contributed by atoms with Crippen LogP contribution in [0.15, 0.2) is 0 Å². The summed E-state index contributed by atoms with van der Waals surface area (Å²) in [6.45, 7) is 3.18. The van der Waals surface area contributed by atoms with Crippen LogP contribution in [-0.4, -0.2) is 77.9 Å². The van der Waals surface area contributed by atoms with Crippen LogP contribution < -0.4 is 5.32 Å². The minimum Gasteiger partial charge on any atom is -0.479 e. The van der Waals surface area contributed by atoms with Crippen LogP contribution in [0.25, 0.3) is 0 Å². The van der Waals surface area contributed by atoms with E-state index in [1.165, 1.54) is 0 Å². The second-order valence-electron chi connectivity index (χ2n) is 4.16. The number of piperazine rings is 1. The molecule has 1 rings (SSSR count). The highest BCUT2D eigenvalue weighted by molar-refractivity contribution is 5.74. The van der Waals surface area contributed by atoms with Crippen molar-refractivity contribution in [3.05, 3.63) is 0 Å². The average Bonchev–Trinajstić information content (AvgIpc) is 2.29. The zero-order chi connectivity index (χ0) is 12.8. The number of aliphatic carboxylic acids is 1. The van der Waals surface area contributed by atoms with Gasteiger partial charge in [-0.15, -0.1) is 0 Å². The molecule has 1 aliphatic heterocycles. The Hall–Kier alpha value is -1.34. The van der Waals surface area contributed by atoms with Crippen LogP contribution in [0, 0.1) is 0 Å². The van der Waals surface area contributed by atoms with Gasteiger partial charge in [0.05, 0.1) is 0 Å². The highest BCUT2D eigenvalue weighted by atomic mass is 16.4. The van der Waals surface area contributed by atoms with E-state index in [9.17, 15) is 9.59 Å². The van der Waals surface area contributed by atoms with E-state index in [1.807, 2.05) is 7.05 Å². The van der Waals surface area contributed by atoms with Crippen molar-refractivity contribution in [2.45, 2.75) is 12.5 Å². The number of hydrogen-bond donors (Lipinski definition) is 3. The Kier molecular flexibility index (Phi) is 5.17. The number of carboxylic acids is 1. The summed E-state index contributed by atoms with van der Waals surface area (Å²) in [6.07, 6.45) is -1.39. The second-order valence-corrected chi connectivity index (χ2v) is 4.16. The lowest BCUT2D eigenvalue weighted by Crippen LogP contribution is -2.51. The molecule has 0 aliphatic carbocycles. The van der Waals surface area contributed by atoms with Gasteiger partial charge in [-0.25, -0.2) is 9.59 Å². The van der Waals surface area contributed by atoms with Crippen LogP contribution in [0.4, 0.5) is 4.79 Å². The zero-order valence-corrected chi connectivity index (χ0v) is 9.93. The third-order valence-corrected chi connectivity index (χ3v) is 2.77. The maximum atomic E-state index is 11.6. The first-order valence-corrected chi connectivity index (χ1v) is 5.63. The van der Waals surface area contributed by atoms with Gasteiger partial charge in [-0.3, -0.25) is 0 Å². The Balaban J connectivity index is 2.19. The lowest BCUT2D eigenvalue weighted by Gasteiger charge is -2.32. The number of amides is 2. The molecule has 0 saturated carbocycles. The van der Waals surface area contributed by atoms with Crippen molar-refractivity contribution in [1.82, 2.24) is 15.1 Å². The highest BCUT2D eigenvalue weighted by Gasteiger charge is 2.19. The first kappa shape index (κ1) is 13.7. The molecule has 7 heteroatoms. The molecule has 1 fully saturated rings. The van der Waals surface area contributed by atoms with Crippen molar-refractivity contribution in [3.63, 3.8) is 0 Å². The number of rotatable bonds is 4. The Labute approximate surface area is 100.0 Å². The first-order valence-electron chi connectivity index (χ1n) is 5.63. The first-order chi connectivity index (χ1) is 8.00. The molecule has 3 N–H and O–H groups in total. The molecule has 98 valence electrons. The van der Waals surface area contributed by atoms with E-state index in [4.69, 9.17) is 10.2 Å². The van der Waals surface area contributed by atoms with Crippen molar-refractivity contribution in [1.29, 1.82) is 0 Å². The van der Waals surface area contributed by atoms with Crippen molar-refractivity contribution in [3.8, 4) is 0 Å². The van der Waals surface area contributed by atoms with Gasteiger partial charge in [-0.05, 0) is 7.05 Å². The number of carbonyl (C=O) groups excluding carboxylic acids is 1. The molecule has 1 aliphatic rings. The highest BCUT2D eigenvalue weighted by Crippen LogP contribution is 1.99. The fourth-order valence-corrected chi connectivity index (χ4v) is 1.56. The van der Waals surface area contributed by atoms with Crippen LogP contribution in [0.5, 0.6) is 0 Å². The molecule has 7 nitrogen and oxygen atoms in total. The van der Waals surface area contributed by atoms with Crippen LogP contribution >= 0.6 is 0 Å². The third kappa shape index (κ3) is 4.58. The van der Waals surface area contributed by atoms with Gasteiger partial charge >= 0.3 is 12.0 Å². The Morgan fingerprint density at radius 3 is 2.41 bits per heavy atom. The number of aliphatic hydroxyl groups is 1. The summed E-state index contributed by atoms with van der Waals surface area (Å²) in [6, 6.07) is -0.198. The summed E-state index contributed by atoms with van der Waals surface area (Å²) in [5.74, 6) is -1.26. The summed E-state index contributed by atoms with van der Waals surface area (Å²) in [5, 5.41) is 20.1. The number of nitrogens with zero attached hydrogens (tertiary/aromatic N) is 2. The van der Waals surface area contributed by atoms with Gasteiger partial charge < -0.3 is 25.3 Å². The normalized spacial score (nSPS) is 18.8. The molecule has 1 heterocycles. The molecule has 0 aromatic rings. The number of hydrogen-bond acceptors (Lipinski definition) is 4. The van der Waals surface area contributed by atoms with Gasteiger partial charge in [0.2, 0.25) is 0 Å². The molecule has 0 aromatic carbocycles. The predicted molar refractivity (Wildman–Crippen MR) is 60.7 cm³/mol. The van der Waals surface area contributed by atoms with Crippen molar-refractivity contribution in [2.75, 3.05) is 39.8 Å². The Morgan fingerprint density at radius 1 is 1.29 bits per heavy atom. The molecule has 1 saturated heterocycles. The number of aliphatic hydroxyl groups excluding tert-OH is 1. The van der Waals surface area contributed by atoms with Crippen molar-refractivity contribution < 1.29 is 19.8 Å². The minimum absolute atomic E-state index is 0.0226. The van der Waals surface area contributed by atoms with E-state index in [2.05, 4.69) is 10.2 Å². The number of nitrogens with one attached hydrogen (secondary N) is 1. The summed E-state index contributed by atoms with van der Waals surface area (Å²) in [4.78, 5) is 25.8. The largest absolute Gasteiger partial charge is 0.479 e. The quantitative estimate of drug-likeness (QED) is 0.577. The molecule has 0 unspecified atom stereocenters. The Morgan fingerprint density at radius 2 is 1.88 bits per heavy atom. The Bertz CT molecular complexity index is 277. The number of urea groups is 1. The summed E-state index contributed by atoms with van der Waals surface area (Å²) in [5.41, 5.74) is 0. The smallest absolute Gasteiger partial charge is 0.332 e. The van der Waals surface area contributed by atoms with Gasteiger partial charge in [-0.1, -0.05) is 0 Å². The summed E-state index contributed by atoms with van der Waals surface area (Å²) < 4.78 is 0. The van der Waals surface area contributed by atoms with Gasteiger partial charge in [0.25, 0.3) is 0 Å². The maximum absolute atomic E-state index is 11.6. The van der Waals surface area contributed by atoms with Gasteiger partial charge in [0, 0.05) is 39.1 Å². The van der Waals surface area contributed by atoms with Crippen molar-refractivity contribution >= 4 is 12.0 Å². The summed E-state index contributed by atoms with van der Waals surface area (Å²) in [7, 11) is 2.00. The molecular weight excluding hydrogens is 226 g/mol. The van der Waals surface area contributed by atoms with Crippen LogP contribution in [-0.2, 0) is 4.79 Å². The zero-order valence-electron chi connectivity index (χ0n) is 9.93. The van der Waals surface area contributed by atoms with E-state index < -0.39 is 12.1 Å². The van der Waals surface area contributed by atoms with E-state index in [1.54, 1.807) is 4.90 Å². The lowest BCUT2D eigenvalue weighted by atomic mass is 10.2. The van der Waals surface area contributed by atoms with E-state index >= 15 is 0 Å². The van der Waals surface area contributed by atoms with Gasteiger partial charge in [-0.2, -0.15) is 0 Å². The fraction of sp³-hybridized carbons (Fsp3) is 0.800. The topological polar surface area (TPSA) is 93.1 Å². The molecule has 0 radical (unpaired) electrons. The number of carboxylic acid groups (broad SMARTS) is 1. The predicted octanol–water partition coefficient (Wildman–Crippen LogP) is -1.22. The van der Waals surface area contributed by atoms with Crippen molar-refractivity contribution in [2.24, 2.45) is 0 Å². The second kappa shape index (κ2) is 6.41. The number of likely N-dealkylation sites (N-methyl/N-ethyl adjacent to an activating group) is 1. The minimum atomic E-state index is -1.41. The molecule has 0 aromatic heterocycles. The van der Waals surface area contributed by atoms with Crippen LogP contribution in [0.2, 0.25) is 0 Å². The standard InChI is InChI=1S/C10H19N3O4/c1-12-4-6-13(7-5-12)10(17)11-3-2-8(14)9(15)16/h8,14H,2-7H2,1H3,(H,11,17)(H,15,16)/t8-/m0/s1. The van der Waals surface area contributed by atoms with E-state index in [-0.39, 0.29) is 19.0 Å². The maximum Gasteiger partial charge on any atom is 0.332 e. The average molecular weight is 245 g/mol. The van der Waals surface area contributed by atoms with Gasteiger partial charge in [0.15, 0.2) is 6.10 Å². The van der Waals surface area contributed by atoms with Gasteiger partial charge in [0.1, 0.15) is 0 Å². The monoisotopic (exact) mass is 245 g/mol. The summed E-state index contributed by atoms with van der Waals surface area (Å²) >= 11 is 0. The SMILES string of the molecule is CN1CCN(C(=O)NCC[C@H](O)C(=O)O)CC1. The van der Waals surface area contributed by atoms with Crippen LogP contribution in [0.3, 0.4) is 0 Å². The number of carbonyl (C=O) groups is 2.